The van der Waals surface area contributed by atoms with Gasteiger partial charge < -0.3 is 19.2 Å². The Bertz CT molecular complexity index is 798. The van der Waals surface area contributed by atoms with Crippen molar-refractivity contribution in [2.45, 2.75) is 103 Å². The minimum absolute atomic E-state index is 0.0295. The van der Waals surface area contributed by atoms with E-state index in [1.807, 2.05) is 12.1 Å². The van der Waals surface area contributed by atoms with Crippen molar-refractivity contribution < 1.29 is 13.7 Å². The van der Waals surface area contributed by atoms with Crippen LogP contribution in [0, 0.1) is 0 Å². The number of hydrogen-bond donors (Lipinski definition) is 1. The van der Waals surface area contributed by atoms with E-state index in [1.54, 1.807) is 6.07 Å². The van der Waals surface area contributed by atoms with E-state index in [2.05, 4.69) is 22.3 Å². The molecule has 6 nitrogen and oxygen atoms in total. The molecule has 1 N–H and O–H groups in total. The Hall–Kier alpha value is -2.08. The molecule has 1 amide bonds. The minimum Gasteiger partial charge on any atom is -0.456 e. The third kappa shape index (κ3) is 5.59. The second-order valence-corrected chi connectivity index (χ2v) is 9.17. The second kappa shape index (κ2) is 11.0. The van der Waals surface area contributed by atoms with Gasteiger partial charge in [0.1, 0.15) is 5.76 Å². The maximum absolute atomic E-state index is 13.6. The molecular formula is C25H37N3O3. The number of nitrogens with zero attached hydrogens (tertiary/aromatic N) is 2. The van der Waals surface area contributed by atoms with E-state index in [-0.39, 0.29) is 5.91 Å². The van der Waals surface area contributed by atoms with E-state index in [0.29, 0.717) is 35.8 Å². The summed E-state index contributed by atoms with van der Waals surface area (Å²) < 4.78 is 11.5. The zero-order valence-electron chi connectivity index (χ0n) is 18.9. The average Bonchev–Trinajstić information content (AvgIpc) is 3.48. The molecule has 0 atom stereocenters. The number of hydrogen-bond acceptors (Lipinski definition) is 5. The minimum atomic E-state index is 0.0295. The predicted octanol–water partition coefficient (Wildman–Crippen LogP) is 5.93. The summed E-state index contributed by atoms with van der Waals surface area (Å²) in [5, 5.41) is 7.53. The molecule has 0 spiro atoms. The molecule has 0 saturated heterocycles. The van der Waals surface area contributed by atoms with Gasteiger partial charge in [-0.2, -0.15) is 0 Å². The molecule has 0 radical (unpaired) electrons. The summed E-state index contributed by atoms with van der Waals surface area (Å²) in [4.78, 5) is 15.7. The molecular weight excluding hydrogens is 390 g/mol. The van der Waals surface area contributed by atoms with Gasteiger partial charge in [0.2, 0.25) is 5.76 Å². The van der Waals surface area contributed by atoms with Gasteiger partial charge in [-0.15, -0.1) is 0 Å². The largest absolute Gasteiger partial charge is 0.456 e. The molecule has 2 fully saturated rings. The molecule has 2 aliphatic carbocycles. The molecule has 4 rings (SSSR count). The average molecular weight is 428 g/mol. The first kappa shape index (κ1) is 22.1. The molecule has 2 heterocycles. The number of aromatic nitrogens is 1. The lowest BCUT2D eigenvalue weighted by Crippen LogP contribution is -2.48. The Labute approximate surface area is 185 Å². The van der Waals surface area contributed by atoms with Gasteiger partial charge in [0, 0.05) is 18.2 Å². The normalized spacial score (nSPS) is 18.4. The number of carbonyl (C=O) groups is 1. The van der Waals surface area contributed by atoms with Crippen LogP contribution in [0.2, 0.25) is 0 Å². The number of carbonyl (C=O) groups excluding carboxylic acids is 1. The van der Waals surface area contributed by atoms with Crippen molar-refractivity contribution in [2.24, 2.45) is 0 Å². The smallest absolute Gasteiger partial charge is 0.276 e. The highest BCUT2D eigenvalue weighted by Crippen LogP contribution is 2.32. The Morgan fingerprint density at radius 3 is 2.35 bits per heavy atom. The van der Waals surface area contributed by atoms with Gasteiger partial charge in [0.25, 0.3) is 5.91 Å². The van der Waals surface area contributed by atoms with E-state index in [0.717, 1.165) is 44.4 Å². The van der Waals surface area contributed by atoms with Crippen LogP contribution < -0.4 is 5.32 Å². The van der Waals surface area contributed by atoms with E-state index >= 15 is 0 Å². The van der Waals surface area contributed by atoms with E-state index < -0.39 is 0 Å². The van der Waals surface area contributed by atoms with Crippen LogP contribution in [0.3, 0.4) is 0 Å². The van der Waals surface area contributed by atoms with Crippen molar-refractivity contribution in [2.75, 3.05) is 6.54 Å². The summed E-state index contributed by atoms with van der Waals surface area (Å²) in [5.74, 6) is 2.04. The zero-order chi connectivity index (χ0) is 21.5. The second-order valence-electron chi connectivity index (χ2n) is 9.17. The highest BCUT2D eigenvalue weighted by Gasteiger charge is 2.34. The van der Waals surface area contributed by atoms with Crippen molar-refractivity contribution in [1.29, 1.82) is 0 Å². The summed E-state index contributed by atoms with van der Waals surface area (Å²) in [6.45, 7) is 3.85. The molecule has 2 saturated carbocycles. The first-order valence-electron chi connectivity index (χ1n) is 12.4. The van der Waals surface area contributed by atoms with Crippen LogP contribution in [0.15, 0.2) is 27.1 Å². The molecule has 2 aromatic heterocycles. The van der Waals surface area contributed by atoms with Crippen molar-refractivity contribution in [3.05, 3.63) is 29.7 Å². The van der Waals surface area contributed by atoms with Crippen molar-refractivity contribution in [1.82, 2.24) is 15.4 Å². The fraction of sp³-hybridized carbons (Fsp3) is 0.680. The third-order valence-electron chi connectivity index (χ3n) is 6.81. The highest BCUT2D eigenvalue weighted by molar-refractivity contribution is 5.93. The summed E-state index contributed by atoms with van der Waals surface area (Å²) in [7, 11) is 0. The molecule has 0 aromatic carbocycles. The number of unbranched alkanes of at least 4 members (excludes halogenated alkanes) is 1. The summed E-state index contributed by atoms with van der Waals surface area (Å²) in [6, 6.07) is 6.29. The van der Waals surface area contributed by atoms with Crippen LogP contribution in [-0.4, -0.2) is 34.6 Å². The summed E-state index contributed by atoms with van der Waals surface area (Å²) in [6.07, 6.45) is 14.2. The monoisotopic (exact) mass is 427 g/mol. The van der Waals surface area contributed by atoms with Gasteiger partial charge in [-0.05, 0) is 50.8 Å². The topological polar surface area (TPSA) is 71.5 Å². The fourth-order valence-corrected chi connectivity index (χ4v) is 5.09. The van der Waals surface area contributed by atoms with Crippen LogP contribution in [0.5, 0.6) is 0 Å². The van der Waals surface area contributed by atoms with E-state index in [1.165, 1.54) is 44.9 Å². The summed E-state index contributed by atoms with van der Waals surface area (Å²) in [5.41, 5.74) is 0.408. The van der Waals surface area contributed by atoms with Crippen molar-refractivity contribution >= 4 is 5.91 Å². The number of rotatable bonds is 9. The number of amides is 1. The van der Waals surface area contributed by atoms with E-state index in [9.17, 15) is 4.79 Å². The van der Waals surface area contributed by atoms with Crippen LogP contribution in [0.4, 0.5) is 0 Å². The van der Waals surface area contributed by atoms with Crippen LogP contribution in [0.25, 0.3) is 11.5 Å². The van der Waals surface area contributed by atoms with Gasteiger partial charge in [-0.25, -0.2) is 0 Å². The predicted molar refractivity (Wildman–Crippen MR) is 121 cm³/mol. The van der Waals surface area contributed by atoms with Gasteiger partial charge in [0.05, 0.1) is 6.54 Å². The van der Waals surface area contributed by atoms with Crippen molar-refractivity contribution in [3.63, 3.8) is 0 Å². The van der Waals surface area contributed by atoms with Gasteiger partial charge in [-0.1, -0.05) is 57.0 Å². The first-order valence-corrected chi connectivity index (χ1v) is 12.4. The maximum Gasteiger partial charge on any atom is 0.276 e. The van der Waals surface area contributed by atoms with E-state index in [4.69, 9.17) is 8.94 Å². The zero-order valence-corrected chi connectivity index (χ0v) is 18.9. The standard InChI is InChI=1S/C25H37N3O3/c1-2-3-16-26-18-21-14-15-23(30-21)24-17-22(27-31-24)25(29)28(19-10-6-4-7-11-19)20-12-8-5-9-13-20/h14-15,17,19-20,26H,2-13,16,18H2,1H3. The Balaban J connectivity index is 1.46. The highest BCUT2D eigenvalue weighted by atomic mass is 16.5. The van der Waals surface area contributed by atoms with Crippen molar-refractivity contribution in [3.8, 4) is 11.5 Å². The third-order valence-corrected chi connectivity index (χ3v) is 6.81. The number of furan rings is 1. The Morgan fingerprint density at radius 2 is 1.71 bits per heavy atom. The quantitative estimate of drug-likeness (QED) is 0.502. The molecule has 2 aromatic rings. The Morgan fingerprint density at radius 1 is 1.03 bits per heavy atom. The lowest BCUT2D eigenvalue weighted by molar-refractivity contribution is 0.0438. The molecule has 0 unspecified atom stereocenters. The molecule has 0 bridgehead atoms. The Kier molecular flexibility index (Phi) is 7.84. The van der Waals surface area contributed by atoms with Gasteiger partial charge in [0.15, 0.2) is 11.5 Å². The first-order chi connectivity index (χ1) is 15.3. The maximum atomic E-state index is 13.6. The summed E-state index contributed by atoms with van der Waals surface area (Å²) >= 11 is 0. The van der Waals surface area contributed by atoms with Gasteiger partial charge >= 0.3 is 0 Å². The number of nitrogens with one attached hydrogen (secondary N) is 1. The SMILES string of the molecule is CCCCNCc1ccc(-c2cc(C(=O)N(C3CCCCC3)C3CCCCC3)no2)o1. The fourth-order valence-electron chi connectivity index (χ4n) is 5.09. The molecule has 2 aliphatic rings. The van der Waals surface area contributed by atoms with Gasteiger partial charge in [-0.3, -0.25) is 4.79 Å². The lowest BCUT2D eigenvalue weighted by atomic mass is 9.88. The van der Waals surface area contributed by atoms with Crippen LogP contribution in [-0.2, 0) is 6.54 Å². The molecule has 31 heavy (non-hydrogen) atoms. The molecule has 0 aliphatic heterocycles. The molecule has 6 heteroatoms. The van der Waals surface area contributed by atoms with Crippen LogP contribution >= 0.6 is 0 Å². The molecule has 170 valence electrons. The lowest BCUT2D eigenvalue weighted by Gasteiger charge is -2.41. The van der Waals surface area contributed by atoms with Crippen LogP contribution in [0.1, 0.15) is 100 Å².